The number of aromatic nitrogens is 2. The molecule has 0 aliphatic carbocycles. The fourth-order valence-electron chi connectivity index (χ4n) is 2.33. The molecule has 106 valence electrons. The minimum absolute atomic E-state index is 0.105. The number of hydrogen-bond acceptors (Lipinski definition) is 3. The molecule has 3 aromatic rings. The monoisotopic (exact) mass is 280 g/mol. The van der Waals surface area contributed by atoms with Crippen LogP contribution in [0.5, 0.6) is 0 Å². The number of nitrogens with two attached hydrogens (primary N) is 1. The van der Waals surface area contributed by atoms with Gasteiger partial charge in [0, 0.05) is 17.6 Å². The summed E-state index contributed by atoms with van der Waals surface area (Å²) < 4.78 is 0. The van der Waals surface area contributed by atoms with Crippen LogP contribution in [0.1, 0.15) is 11.5 Å². The number of carbonyl (C=O) groups excluding carboxylic acids is 1. The van der Waals surface area contributed by atoms with Crippen LogP contribution in [0.2, 0.25) is 0 Å². The molecule has 0 spiro atoms. The third-order valence-corrected chi connectivity index (χ3v) is 3.46. The summed E-state index contributed by atoms with van der Waals surface area (Å²) in [4.78, 5) is 12.4. The average Bonchev–Trinajstić information content (AvgIpc) is 2.96. The van der Waals surface area contributed by atoms with Gasteiger partial charge in [0.2, 0.25) is 5.91 Å². The third kappa shape index (κ3) is 2.78. The van der Waals surface area contributed by atoms with Gasteiger partial charge in [0.1, 0.15) is 0 Å². The largest absolute Gasteiger partial charge is 0.329 e. The van der Waals surface area contributed by atoms with E-state index in [1.165, 1.54) is 0 Å². The van der Waals surface area contributed by atoms with E-state index in [0.29, 0.717) is 0 Å². The van der Waals surface area contributed by atoms with Crippen molar-refractivity contribution in [3.05, 3.63) is 60.3 Å². The van der Waals surface area contributed by atoms with E-state index >= 15 is 0 Å². The summed E-state index contributed by atoms with van der Waals surface area (Å²) in [6.07, 6.45) is 1.72. The standard InChI is InChI=1S/C16H16N4O/c17-9-14(11-4-2-1-3-5-11)16(21)19-13-6-7-15-12(8-13)10-18-20-15/h1-8,10,14H,9,17H2,(H,18,20)(H,19,21)/t14-/m0/s1. The number of carbonyl (C=O) groups is 1. The predicted molar refractivity (Wildman–Crippen MR) is 83.0 cm³/mol. The summed E-state index contributed by atoms with van der Waals surface area (Å²) >= 11 is 0. The van der Waals surface area contributed by atoms with E-state index in [0.717, 1.165) is 22.2 Å². The Bertz CT molecular complexity index is 751. The van der Waals surface area contributed by atoms with Gasteiger partial charge >= 0.3 is 0 Å². The number of fused-ring (bicyclic) bond motifs is 1. The first-order valence-electron chi connectivity index (χ1n) is 6.77. The lowest BCUT2D eigenvalue weighted by Gasteiger charge is -2.15. The fraction of sp³-hybridized carbons (Fsp3) is 0.125. The molecule has 1 aromatic heterocycles. The molecule has 0 unspecified atom stereocenters. The van der Waals surface area contributed by atoms with Gasteiger partial charge in [0.15, 0.2) is 0 Å². The molecule has 3 rings (SSSR count). The van der Waals surface area contributed by atoms with Gasteiger partial charge in [-0.2, -0.15) is 5.10 Å². The topological polar surface area (TPSA) is 83.8 Å². The van der Waals surface area contributed by atoms with Crippen molar-refractivity contribution in [2.75, 3.05) is 11.9 Å². The average molecular weight is 280 g/mol. The summed E-state index contributed by atoms with van der Waals surface area (Å²) in [7, 11) is 0. The van der Waals surface area contributed by atoms with Gasteiger partial charge in [0.25, 0.3) is 0 Å². The molecule has 5 heteroatoms. The maximum Gasteiger partial charge on any atom is 0.233 e. The molecule has 1 atom stereocenters. The first-order valence-corrected chi connectivity index (χ1v) is 6.77. The van der Waals surface area contributed by atoms with Gasteiger partial charge in [-0.15, -0.1) is 0 Å². The van der Waals surface area contributed by atoms with Crippen LogP contribution in [-0.2, 0) is 4.79 Å². The zero-order valence-electron chi connectivity index (χ0n) is 11.4. The van der Waals surface area contributed by atoms with Crippen LogP contribution in [0.3, 0.4) is 0 Å². The van der Waals surface area contributed by atoms with Gasteiger partial charge in [-0.1, -0.05) is 30.3 Å². The Labute approximate surface area is 122 Å². The Kier molecular flexibility index (Phi) is 3.66. The second kappa shape index (κ2) is 5.76. The van der Waals surface area contributed by atoms with Crippen molar-refractivity contribution in [2.24, 2.45) is 5.73 Å². The molecule has 0 saturated carbocycles. The van der Waals surface area contributed by atoms with Gasteiger partial charge in [-0.3, -0.25) is 9.89 Å². The molecule has 0 saturated heterocycles. The van der Waals surface area contributed by atoms with E-state index in [4.69, 9.17) is 5.73 Å². The van der Waals surface area contributed by atoms with Crippen molar-refractivity contribution in [1.29, 1.82) is 0 Å². The molecule has 0 bridgehead atoms. The molecule has 0 aliphatic heterocycles. The maximum absolute atomic E-state index is 12.4. The molecular weight excluding hydrogens is 264 g/mol. The lowest BCUT2D eigenvalue weighted by atomic mass is 9.98. The van der Waals surface area contributed by atoms with Crippen LogP contribution in [0.25, 0.3) is 10.9 Å². The number of hydrogen-bond donors (Lipinski definition) is 3. The minimum atomic E-state index is -0.355. The van der Waals surface area contributed by atoms with Crippen LogP contribution >= 0.6 is 0 Å². The van der Waals surface area contributed by atoms with Crippen LogP contribution in [0.15, 0.2) is 54.7 Å². The SMILES string of the molecule is NC[C@H](C(=O)Nc1ccc2[nH]ncc2c1)c1ccccc1. The van der Waals surface area contributed by atoms with Crippen LogP contribution in [0, 0.1) is 0 Å². The molecule has 2 aromatic carbocycles. The summed E-state index contributed by atoms with van der Waals surface area (Å²) in [6, 6.07) is 15.2. The number of nitrogens with zero attached hydrogens (tertiary/aromatic N) is 1. The Morgan fingerprint density at radius 3 is 2.81 bits per heavy atom. The van der Waals surface area contributed by atoms with Crippen molar-refractivity contribution < 1.29 is 4.79 Å². The number of nitrogens with one attached hydrogen (secondary N) is 2. The lowest BCUT2D eigenvalue weighted by molar-refractivity contribution is -0.117. The normalized spacial score (nSPS) is 12.2. The smallest absolute Gasteiger partial charge is 0.233 e. The summed E-state index contributed by atoms with van der Waals surface area (Å²) in [5, 5.41) is 10.7. The van der Waals surface area contributed by atoms with Crippen molar-refractivity contribution in [3.63, 3.8) is 0 Å². The molecule has 0 radical (unpaired) electrons. The Hall–Kier alpha value is -2.66. The zero-order chi connectivity index (χ0) is 14.7. The second-order valence-electron chi connectivity index (χ2n) is 4.86. The highest BCUT2D eigenvalue weighted by Gasteiger charge is 2.18. The maximum atomic E-state index is 12.4. The Balaban J connectivity index is 1.81. The molecule has 0 aliphatic rings. The van der Waals surface area contributed by atoms with Crippen LogP contribution in [0.4, 0.5) is 5.69 Å². The fourth-order valence-corrected chi connectivity index (χ4v) is 2.33. The molecule has 0 fully saturated rings. The molecule has 4 N–H and O–H groups in total. The number of rotatable bonds is 4. The summed E-state index contributed by atoms with van der Waals surface area (Å²) in [5.41, 5.74) is 8.35. The van der Waals surface area contributed by atoms with Gasteiger partial charge in [0.05, 0.1) is 17.6 Å². The highest BCUT2D eigenvalue weighted by Crippen LogP contribution is 2.20. The van der Waals surface area contributed by atoms with E-state index in [9.17, 15) is 4.79 Å². The number of anilines is 1. The van der Waals surface area contributed by atoms with Crippen molar-refractivity contribution in [2.45, 2.75) is 5.92 Å². The Morgan fingerprint density at radius 2 is 2.05 bits per heavy atom. The third-order valence-electron chi connectivity index (χ3n) is 3.46. The van der Waals surface area contributed by atoms with Crippen molar-refractivity contribution in [1.82, 2.24) is 10.2 Å². The summed E-state index contributed by atoms with van der Waals surface area (Å²) in [5.74, 6) is -0.460. The zero-order valence-corrected chi connectivity index (χ0v) is 11.4. The molecular formula is C16H16N4O. The number of aromatic amines is 1. The Morgan fingerprint density at radius 1 is 1.24 bits per heavy atom. The number of H-pyrrole nitrogens is 1. The lowest BCUT2D eigenvalue weighted by Crippen LogP contribution is -2.27. The minimum Gasteiger partial charge on any atom is -0.329 e. The first kappa shape index (κ1) is 13.3. The van der Waals surface area contributed by atoms with Crippen molar-refractivity contribution >= 4 is 22.5 Å². The van der Waals surface area contributed by atoms with Gasteiger partial charge in [-0.05, 0) is 23.8 Å². The van der Waals surface area contributed by atoms with Gasteiger partial charge < -0.3 is 11.1 Å². The van der Waals surface area contributed by atoms with Crippen LogP contribution in [-0.4, -0.2) is 22.6 Å². The van der Waals surface area contributed by atoms with Crippen molar-refractivity contribution in [3.8, 4) is 0 Å². The molecule has 5 nitrogen and oxygen atoms in total. The molecule has 1 amide bonds. The number of amides is 1. The number of benzene rings is 2. The molecule has 21 heavy (non-hydrogen) atoms. The summed E-state index contributed by atoms with van der Waals surface area (Å²) in [6.45, 7) is 0.268. The molecule has 1 heterocycles. The van der Waals surface area contributed by atoms with E-state index in [1.807, 2.05) is 48.5 Å². The van der Waals surface area contributed by atoms with E-state index < -0.39 is 0 Å². The highest BCUT2D eigenvalue weighted by molar-refractivity contribution is 5.97. The quantitative estimate of drug-likeness (QED) is 0.685. The van der Waals surface area contributed by atoms with E-state index in [2.05, 4.69) is 15.5 Å². The second-order valence-corrected chi connectivity index (χ2v) is 4.86. The predicted octanol–water partition coefficient (Wildman–Crippen LogP) is 2.24. The van der Waals surface area contributed by atoms with Crippen LogP contribution < -0.4 is 11.1 Å². The van der Waals surface area contributed by atoms with E-state index in [1.54, 1.807) is 6.20 Å². The first-order chi connectivity index (χ1) is 10.3. The van der Waals surface area contributed by atoms with E-state index in [-0.39, 0.29) is 18.4 Å². The van der Waals surface area contributed by atoms with Gasteiger partial charge in [-0.25, -0.2) is 0 Å². The highest BCUT2D eigenvalue weighted by atomic mass is 16.1.